The van der Waals surface area contributed by atoms with Crippen molar-refractivity contribution in [3.05, 3.63) is 47.4 Å². The Balaban J connectivity index is 1.68. The van der Waals surface area contributed by atoms with Crippen LogP contribution in [0.2, 0.25) is 0 Å². The third kappa shape index (κ3) is 9.27. The molecule has 1 heterocycles. The molecule has 1 aliphatic rings. The van der Waals surface area contributed by atoms with Crippen molar-refractivity contribution in [3.8, 4) is 5.75 Å². The topological polar surface area (TPSA) is 66.8 Å². The predicted molar refractivity (Wildman–Crippen MR) is 131 cm³/mol. The quantitative estimate of drug-likeness (QED) is 0.148. The van der Waals surface area contributed by atoms with Gasteiger partial charge in [-0.25, -0.2) is 0 Å². The zero-order chi connectivity index (χ0) is 22.5. The molecule has 1 amide bonds. The number of hydrogen-bond acceptors (Lipinski definition) is 5. The highest BCUT2D eigenvalue weighted by molar-refractivity contribution is 8.26. The van der Waals surface area contributed by atoms with Gasteiger partial charge in [-0.05, 0) is 36.6 Å². The smallest absolute Gasteiger partial charge is 0.303 e. The van der Waals surface area contributed by atoms with Crippen LogP contribution in [0, 0.1) is 0 Å². The molecule has 0 radical (unpaired) electrons. The molecular formula is C24H31NO4S2. The summed E-state index contributed by atoms with van der Waals surface area (Å²) >= 11 is 6.77. The van der Waals surface area contributed by atoms with Crippen molar-refractivity contribution in [2.24, 2.45) is 0 Å². The molecule has 0 atom stereocenters. The van der Waals surface area contributed by atoms with Crippen molar-refractivity contribution < 1.29 is 19.4 Å². The number of hydrogen-bond donors (Lipinski definition) is 1. The number of thiocarbonyl (C=S) groups is 1. The number of unbranched alkanes of at least 4 members (excludes halogenated alkanes) is 7. The van der Waals surface area contributed by atoms with Gasteiger partial charge in [0, 0.05) is 13.0 Å². The Hall–Kier alpha value is -2.12. The minimum atomic E-state index is -0.711. The summed E-state index contributed by atoms with van der Waals surface area (Å²) in [6.07, 6.45) is 12.1. The minimum absolute atomic E-state index is 0.0135. The van der Waals surface area contributed by atoms with Gasteiger partial charge in [0.15, 0.2) is 0 Å². The second-order valence-corrected chi connectivity index (χ2v) is 9.15. The first kappa shape index (κ1) is 25.1. The minimum Gasteiger partial charge on any atom is -0.490 e. The van der Waals surface area contributed by atoms with E-state index in [1.165, 1.54) is 11.8 Å². The van der Waals surface area contributed by atoms with Gasteiger partial charge in [0.2, 0.25) is 0 Å². The lowest BCUT2D eigenvalue weighted by molar-refractivity contribution is -0.137. The Kier molecular flexibility index (Phi) is 11.4. The van der Waals surface area contributed by atoms with E-state index in [1.807, 2.05) is 30.3 Å². The first-order chi connectivity index (χ1) is 15.0. The van der Waals surface area contributed by atoms with Crippen molar-refractivity contribution in [2.75, 3.05) is 13.2 Å². The normalized spacial score (nSPS) is 15.0. The average Bonchev–Trinajstić information content (AvgIpc) is 3.01. The summed E-state index contributed by atoms with van der Waals surface area (Å²) in [6, 6.07) is 7.60. The number of ether oxygens (including phenoxy) is 1. The number of carbonyl (C=O) groups excluding carboxylic acids is 1. The van der Waals surface area contributed by atoms with E-state index in [1.54, 1.807) is 11.0 Å². The maximum absolute atomic E-state index is 12.7. The second-order valence-electron chi connectivity index (χ2n) is 7.47. The van der Waals surface area contributed by atoms with Gasteiger partial charge in [0.25, 0.3) is 5.91 Å². The number of carboxylic acids is 1. The van der Waals surface area contributed by atoms with Crippen LogP contribution in [0.1, 0.15) is 63.4 Å². The highest BCUT2D eigenvalue weighted by atomic mass is 32.2. The van der Waals surface area contributed by atoms with Gasteiger partial charge in [-0.15, -0.1) is 0 Å². The number of nitrogens with zero attached hydrogens (tertiary/aromatic N) is 1. The van der Waals surface area contributed by atoms with E-state index in [0.717, 1.165) is 62.7 Å². The standard InChI is InChI=1S/C24H31NO4S2/c1-2-17-29-20-14-12-19(13-15-20)18-21-23(28)25(24(30)31-21)16-10-8-6-4-3-5-7-9-11-22(26)27/h2,12-15,18H,1,3-11,16-17H2,(H,26,27). The molecular weight excluding hydrogens is 430 g/mol. The fourth-order valence-corrected chi connectivity index (χ4v) is 4.57. The molecule has 7 heteroatoms. The predicted octanol–water partition coefficient (Wildman–Crippen LogP) is 6.05. The molecule has 1 fully saturated rings. The first-order valence-corrected chi connectivity index (χ1v) is 12.0. The zero-order valence-corrected chi connectivity index (χ0v) is 19.5. The third-order valence-electron chi connectivity index (χ3n) is 4.94. The molecule has 1 aliphatic heterocycles. The lowest BCUT2D eigenvalue weighted by Gasteiger charge is -2.14. The molecule has 0 spiro atoms. The first-order valence-electron chi connectivity index (χ1n) is 10.8. The van der Waals surface area contributed by atoms with Gasteiger partial charge in [0.05, 0.1) is 4.91 Å². The Morgan fingerprint density at radius 3 is 2.29 bits per heavy atom. The van der Waals surface area contributed by atoms with Crippen LogP contribution in [0.4, 0.5) is 0 Å². The molecule has 1 N–H and O–H groups in total. The number of thioether (sulfide) groups is 1. The number of rotatable bonds is 15. The van der Waals surface area contributed by atoms with E-state index in [-0.39, 0.29) is 12.3 Å². The van der Waals surface area contributed by atoms with Crippen molar-refractivity contribution in [1.82, 2.24) is 4.90 Å². The Morgan fingerprint density at radius 1 is 1.06 bits per heavy atom. The fraction of sp³-hybridized carbons (Fsp3) is 0.458. The van der Waals surface area contributed by atoms with E-state index >= 15 is 0 Å². The Bertz CT molecular complexity index is 789. The van der Waals surface area contributed by atoms with E-state index < -0.39 is 5.97 Å². The molecule has 0 aliphatic carbocycles. The molecule has 1 aromatic carbocycles. The van der Waals surface area contributed by atoms with Crippen LogP contribution in [-0.4, -0.2) is 39.4 Å². The molecule has 0 saturated carbocycles. The second kappa shape index (κ2) is 14.0. The molecule has 0 aromatic heterocycles. The van der Waals surface area contributed by atoms with Crippen LogP contribution in [0.5, 0.6) is 5.75 Å². The molecule has 0 bridgehead atoms. The van der Waals surface area contributed by atoms with Gasteiger partial charge in [-0.1, -0.05) is 87.3 Å². The largest absolute Gasteiger partial charge is 0.490 e. The van der Waals surface area contributed by atoms with Crippen LogP contribution in [0.25, 0.3) is 6.08 Å². The monoisotopic (exact) mass is 461 g/mol. The summed E-state index contributed by atoms with van der Waals surface area (Å²) < 4.78 is 6.10. The summed E-state index contributed by atoms with van der Waals surface area (Å²) in [5, 5.41) is 8.62. The van der Waals surface area contributed by atoms with Crippen molar-refractivity contribution in [2.45, 2.75) is 57.8 Å². The fourth-order valence-electron chi connectivity index (χ4n) is 3.27. The zero-order valence-electron chi connectivity index (χ0n) is 17.9. The molecule has 2 rings (SSSR count). The van der Waals surface area contributed by atoms with Gasteiger partial charge < -0.3 is 9.84 Å². The highest BCUT2D eigenvalue weighted by Crippen LogP contribution is 2.33. The van der Waals surface area contributed by atoms with Crippen molar-refractivity contribution in [3.63, 3.8) is 0 Å². The molecule has 1 aromatic rings. The summed E-state index contributed by atoms with van der Waals surface area (Å²) in [6.45, 7) is 4.76. The highest BCUT2D eigenvalue weighted by Gasteiger charge is 2.31. The van der Waals surface area contributed by atoms with E-state index in [9.17, 15) is 9.59 Å². The summed E-state index contributed by atoms with van der Waals surface area (Å²) in [4.78, 5) is 25.5. The third-order valence-corrected chi connectivity index (χ3v) is 6.32. The molecule has 168 valence electrons. The SMILES string of the molecule is C=CCOc1ccc(C=C2SC(=S)N(CCCCCCCCCCC(=O)O)C2=O)cc1. The van der Waals surface area contributed by atoms with E-state index in [0.29, 0.717) is 22.4 Å². The van der Waals surface area contributed by atoms with Gasteiger partial charge >= 0.3 is 5.97 Å². The van der Waals surface area contributed by atoms with Crippen LogP contribution in [0.3, 0.4) is 0 Å². The number of benzene rings is 1. The molecule has 31 heavy (non-hydrogen) atoms. The van der Waals surface area contributed by atoms with Crippen molar-refractivity contribution >= 4 is 46.3 Å². The number of aliphatic carboxylic acids is 1. The summed E-state index contributed by atoms with van der Waals surface area (Å²) in [7, 11) is 0. The van der Waals surface area contributed by atoms with Gasteiger partial charge in [-0.2, -0.15) is 0 Å². The lowest BCUT2D eigenvalue weighted by Crippen LogP contribution is -2.29. The number of carbonyl (C=O) groups is 2. The lowest BCUT2D eigenvalue weighted by atomic mass is 10.1. The summed E-state index contributed by atoms with van der Waals surface area (Å²) in [5.41, 5.74) is 0.940. The Labute approximate surface area is 194 Å². The maximum atomic E-state index is 12.7. The van der Waals surface area contributed by atoms with E-state index in [2.05, 4.69) is 6.58 Å². The van der Waals surface area contributed by atoms with Crippen LogP contribution < -0.4 is 4.74 Å². The number of amides is 1. The van der Waals surface area contributed by atoms with Crippen LogP contribution in [-0.2, 0) is 9.59 Å². The van der Waals surface area contributed by atoms with Crippen LogP contribution in [0.15, 0.2) is 41.8 Å². The maximum Gasteiger partial charge on any atom is 0.303 e. The van der Waals surface area contributed by atoms with Crippen molar-refractivity contribution in [1.29, 1.82) is 0 Å². The van der Waals surface area contributed by atoms with E-state index in [4.69, 9.17) is 22.1 Å². The molecule has 1 saturated heterocycles. The Morgan fingerprint density at radius 2 is 1.68 bits per heavy atom. The van der Waals surface area contributed by atoms with Gasteiger partial charge in [0.1, 0.15) is 16.7 Å². The molecule has 5 nitrogen and oxygen atoms in total. The summed E-state index contributed by atoms with van der Waals surface area (Å²) in [5.74, 6) is 0.0440. The number of carboxylic acid groups (broad SMARTS) is 1. The van der Waals surface area contributed by atoms with Gasteiger partial charge in [-0.3, -0.25) is 14.5 Å². The molecule has 0 unspecified atom stereocenters. The average molecular weight is 462 g/mol. The van der Waals surface area contributed by atoms with Crippen LogP contribution >= 0.6 is 24.0 Å².